The Labute approximate surface area is 57.9 Å². The van der Waals surface area contributed by atoms with Crippen molar-refractivity contribution in [3.05, 3.63) is 0 Å². The lowest BCUT2D eigenvalue weighted by atomic mass is 10.7. The van der Waals surface area contributed by atoms with E-state index >= 15 is 0 Å². The summed E-state index contributed by atoms with van der Waals surface area (Å²) >= 11 is 10.5. The van der Waals surface area contributed by atoms with Crippen LogP contribution in [0.15, 0.2) is 0 Å². The molecule has 0 aromatic heterocycles. The van der Waals surface area contributed by atoms with E-state index in [4.69, 9.17) is 28.3 Å². The average Bonchev–Trinajstić information content (AvgIpc) is 1.61. The lowest BCUT2D eigenvalue weighted by Crippen LogP contribution is -2.20. The van der Waals surface area contributed by atoms with Crippen LogP contribution in [0.5, 0.6) is 0 Å². The Morgan fingerprint density at radius 3 is 2.12 bits per heavy atom. The molecule has 0 atom stereocenters. The summed E-state index contributed by atoms with van der Waals surface area (Å²) in [6, 6.07) is 0. The summed E-state index contributed by atoms with van der Waals surface area (Å²) in [5.74, 6) is 0. The van der Waals surface area contributed by atoms with Crippen molar-refractivity contribution in [2.24, 2.45) is 0 Å². The fourth-order valence-corrected chi connectivity index (χ4v) is 0.392. The maximum atomic E-state index is 8.09. The predicted molar refractivity (Wildman–Crippen MR) is 34.2 cm³/mol. The number of aliphatic hydroxyl groups is 1. The Kier molecular flexibility index (Phi) is 10.5. The zero-order valence-electron chi connectivity index (χ0n) is 4.19. The van der Waals surface area contributed by atoms with Gasteiger partial charge in [-0.2, -0.15) is 0 Å². The molecule has 5 heteroatoms. The maximum absolute atomic E-state index is 8.09. The van der Waals surface area contributed by atoms with Crippen LogP contribution < -0.4 is 5.32 Å². The van der Waals surface area contributed by atoms with Gasteiger partial charge in [0.1, 0.15) is 4.84 Å². The van der Waals surface area contributed by atoms with Gasteiger partial charge in [0.25, 0.3) is 0 Å². The summed E-state index contributed by atoms with van der Waals surface area (Å²) in [4.78, 5) is -0.424. The van der Waals surface area contributed by atoms with Crippen molar-refractivity contribution in [2.45, 2.75) is 4.84 Å². The molecule has 0 amide bonds. The van der Waals surface area contributed by atoms with E-state index in [2.05, 4.69) is 5.32 Å². The quantitative estimate of drug-likeness (QED) is 0.434. The number of rotatable bonds is 3. The maximum Gasteiger partial charge on any atom is 0.120 e. The van der Waals surface area contributed by atoms with E-state index in [-0.39, 0.29) is 12.2 Å². The lowest BCUT2D eigenvalue weighted by molar-refractivity contribution is 0.263. The molecule has 0 aliphatic rings. The van der Waals surface area contributed by atoms with Crippen LogP contribution in [0.1, 0.15) is 0 Å². The Bertz CT molecular complexity index is 44.3. The fourth-order valence-electron chi connectivity index (χ4n) is 0.174. The highest BCUT2D eigenvalue weighted by atomic mass is 35.5. The van der Waals surface area contributed by atoms with Crippen molar-refractivity contribution < 1.29 is 10.6 Å². The Morgan fingerprint density at radius 1 is 1.50 bits per heavy atom. The molecular weight excluding hydrogens is 153 g/mol. The van der Waals surface area contributed by atoms with Crippen molar-refractivity contribution in [1.29, 1.82) is 0 Å². The predicted octanol–water partition coefficient (Wildman–Crippen LogP) is -0.495. The van der Waals surface area contributed by atoms with Crippen LogP contribution in [-0.2, 0) is 0 Å². The first-order chi connectivity index (χ1) is 3.27. The molecule has 0 aliphatic carbocycles. The Morgan fingerprint density at radius 2 is 2.00 bits per heavy atom. The Balaban J connectivity index is 0. The van der Waals surface area contributed by atoms with Gasteiger partial charge in [0.05, 0.1) is 6.73 Å². The van der Waals surface area contributed by atoms with Gasteiger partial charge in [0, 0.05) is 6.54 Å². The third-order valence-electron chi connectivity index (χ3n) is 0.410. The summed E-state index contributed by atoms with van der Waals surface area (Å²) in [7, 11) is 0. The van der Waals surface area contributed by atoms with Gasteiger partial charge in [0.15, 0.2) is 0 Å². The zero-order chi connectivity index (χ0) is 5.70. The molecule has 0 aromatic rings. The Hall–Kier alpha value is 0.460. The first-order valence-corrected chi connectivity index (χ1v) is 2.74. The largest absolute Gasteiger partial charge is 0.412 e. The monoisotopic (exact) mass is 161 g/mol. The number of aliphatic hydroxyl groups excluding tert-OH is 1. The van der Waals surface area contributed by atoms with Crippen LogP contribution >= 0.6 is 23.2 Å². The first-order valence-electron chi connectivity index (χ1n) is 1.87. The van der Waals surface area contributed by atoms with Crippen molar-refractivity contribution in [3.63, 3.8) is 0 Å². The second-order valence-electron chi connectivity index (χ2n) is 1.00. The first kappa shape index (κ1) is 11.3. The molecule has 0 bridgehead atoms. The molecule has 0 aliphatic heterocycles. The molecule has 3 nitrogen and oxygen atoms in total. The van der Waals surface area contributed by atoms with Gasteiger partial charge in [0.2, 0.25) is 0 Å². The molecule has 0 heterocycles. The van der Waals surface area contributed by atoms with Gasteiger partial charge in [-0.15, -0.1) is 23.2 Å². The molecule has 4 N–H and O–H groups in total. The molecule has 0 radical (unpaired) electrons. The summed E-state index contributed by atoms with van der Waals surface area (Å²) in [6.45, 7) is 0.357. The highest BCUT2D eigenvalue weighted by Gasteiger charge is 1.93. The summed E-state index contributed by atoms with van der Waals surface area (Å²) in [5.41, 5.74) is 0. The fraction of sp³-hybridized carbons (Fsp3) is 1.00. The molecule has 0 unspecified atom stereocenters. The van der Waals surface area contributed by atoms with Crippen molar-refractivity contribution in [1.82, 2.24) is 5.32 Å². The molecule has 8 heavy (non-hydrogen) atoms. The summed E-state index contributed by atoms with van der Waals surface area (Å²) in [6.07, 6.45) is 0. The van der Waals surface area contributed by atoms with E-state index in [0.29, 0.717) is 6.54 Å². The zero-order valence-corrected chi connectivity index (χ0v) is 5.71. The smallest absolute Gasteiger partial charge is 0.120 e. The number of nitrogens with one attached hydrogen (secondary N) is 1. The molecule has 0 spiro atoms. The topological polar surface area (TPSA) is 63.8 Å². The van der Waals surface area contributed by atoms with E-state index in [9.17, 15) is 0 Å². The van der Waals surface area contributed by atoms with Gasteiger partial charge in [-0.05, 0) is 0 Å². The van der Waals surface area contributed by atoms with Crippen LogP contribution in [0.3, 0.4) is 0 Å². The van der Waals surface area contributed by atoms with Gasteiger partial charge in [-0.1, -0.05) is 0 Å². The highest BCUT2D eigenvalue weighted by Crippen LogP contribution is 1.96. The van der Waals surface area contributed by atoms with Crippen LogP contribution in [0.4, 0.5) is 0 Å². The number of hydrogen-bond donors (Lipinski definition) is 2. The summed E-state index contributed by atoms with van der Waals surface area (Å²) < 4.78 is 0. The molecule has 0 aromatic carbocycles. The molecule has 0 fully saturated rings. The van der Waals surface area contributed by atoms with Crippen LogP contribution in [0.25, 0.3) is 0 Å². The standard InChI is InChI=1S/C3H7Cl2NO.H2O/c4-3(5)1-6-2-7;/h3,6-7H,1-2H2;1H2. The van der Waals surface area contributed by atoms with Gasteiger partial charge >= 0.3 is 0 Å². The minimum atomic E-state index is -0.424. The van der Waals surface area contributed by atoms with Crippen molar-refractivity contribution in [2.75, 3.05) is 13.3 Å². The van der Waals surface area contributed by atoms with Gasteiger partial charge in [-0.25, -0.2) is 0 Å². The molecule has 0 rings (SSSR count). The summed E-state index contributed by atoms with van der Waals surface area (Å²) in [5, 5.41) is 10.6. The number of halogens is 2. The minimum Gasteiger partial charge on any atom is -0.412 e. The molecule has 0 saturated carbocycles. The van der Waals surface area contributed by atoms with E-state index < -0.39 is 4.84 Å². The van der Waals surface area contributed by atoms with Crippen LogP contribution in [-0.4, -0.2) is 28.7 Å². The normalized spacial score (nSPS) is 9.00. The average molecular weight is 162 g/mol. The van der Waals surface area contributed by atoms with Crippen LogP contribution in [0.2, 0.25) is 0 Å². The number of hydrogen-bond acceptors (Lipinski definition) is 2. The lowest BCUT2D eigenvalue weighted by Gasteiger charge is -1.97. The second-order valence-corrected chi connectivity index (χ2v) is 2.28. The van der Waals surface area contributed by atoms with Crippen molar-refractivity contribution in [3.8, 4) is 0 Å². The van der Waals surface area contributed by atoms with Crippen molar-refractivity contribution >= 4 is 23.2 Å². The van der Waals surface area contributed by atoms with Gasteiger partial charge < -0.3 is 10.6 Å². The van der Waals surface area contributed by atoms with E-state index in [1.54, 1.807) is 0 Å². The molecule has 0 saturated heterocycles. The SMILES string of the molecule is O.OCNCC(Cl)Cl. The second kappa shape index (κ2) is 7.46. The molecule has 52 valence electrons. The van der Waals surface area contributed by atoms with Gasteiger partial charge in [-0.3, -0.25) is 5.32 Å². The third kappa shape index (κ3) is 9.68. The van der Waals surface area contributed by atoms with E-state index in [1.165, 1.54) is 0 Å². The van der Waals surface area contributed by atoms with Crippen LogP contribution in [0, 0.1) is 0 Å². The minimum absolute atomic E-state index is 0. The third-order valence-corrected chi connectivity index (χ3v) is 0.719. The number of alkyl halides is 2. The van der Waals surface area contributed by atoms with E-state index in [0.717, 1.165) is 0 Å². The molecular formula is C3H9Cl2NO2. The van der Waals surface area contributed by atoms with E-state index in [1.807, 2.05) is 0 Å². The highest BCUT2D eigenvalue weighted by molar-refractivity contribution is 6.44.